The predicted molar refractivity (Wildman–Crippen MR) is 113 cm³/mol. The van der Waals surface area contributed by atoms with Gasteiger partial charge in [-0.15, -0.1) is 0 Å². The Morgan fingerprint density at radius 1 is 0.929 bits per heavy atom. The van der Waals surface area contributed by atoms with Crippen LogP contribution in [0.2, 0.25) is 0 Å². The van der Waals surface area contributed by atoms with E-state index < -0.39 is 0 Å². The van der Waals surface area contributed by atoms with Crippen LogP contribution in [0, 0.1) is 0 Å². The van der Waals surface area contributed by atoms with Crippen LogP contribution >= 0.6 is 0 Å². The maximum absolute atomic E-state index is 5.44. The van der Waals surface area contributed by atoms with Gasteiger partial charge in [0.25, 0.3) is 0 Å². The number of methoxy groups -OCH3 is 1. The van der Waals surface area contributed by atoms with E-state index in [1.54, 1.807) is 7.11 Å². The van der Waals surface area contributed by atoms with Gasteiger partial charge in [0.05, 0.1) is 0 Å². The van der Waals surface area contributed by atoms with Crippen LogP contribution in [0.1, 0.15) is 0 Å². The Morgan fingerprint density at radius 2 is 1.68 bits per heavy atom. The van der Waals surface area contributed by atoms with E-state index >= 15 is 0 Å². The van der Waals surface area contributed by atoms with Crippen molar-refractivity contribution < 1.29 is 14.0 Å². The van der Waals surface area contributed by atoms with E-state index in [0.29, 0.717) is 0 Å². The SMILES string of the molecule is COc1ccc(-c2ccc(-c3ccccc3)c(=NC=[N+]3CCOCC3)[se]2)cc1. The maximum atomic E-state index is 5.44. The van der Waals surface area contributed by atoms with Gasteiger partial charge >= 0.3 is 171 Å². The molecule has 4 rings (SSSR count). The Labute approximate surface area is 171 Å². The monoisotopic (exact) mass is 439 g/mol. The van der Waals surface area contributed by atoms with Crippen molar-refractivity contribution in [1.82, 2.24) is 0 Å². The fraction of sp³-hybridized carbons (Fsp3) is 0.217. The Kier molecular flexibility index (Phi) is 6.17. The molecular formula is C23H23N2O2Se+. The molecule has 2 heterocycles. The van der Waals surface area contributed by atoms with Gasteiger partial charge in [-0.1, -0.05) is 0 Å². The van der Waals surface area contributed by atoms with Gasteiger partial charge < -0.3 is 0 Å². The Hall–Kier alpha value is -2.46. The molecule has 4 nitrogen and oxygen atoms in total. The molecule has 0 unspecified atom stereocenters. The Morgan fingerprint density at radius 3 is 2.39 bits per heavy atom. The van der Waals surface area contributed by atoms with Crippen LogP contribution in [0.4, 0.5) is 0 Å². The quantitative estimate of drug-likeness (QED) is 0.357. The van der Waals surface area contributed by atoms with Gasteiger partial charge in [-0.05, 0) is 0 Å². The molecule has 28 heavy (non-hydrogen) atoms. The van der Waals surface area contributed by atoms with Crippen molar-refractivity contribution in [2.45, 2.75) is 0 Å². The molecule has 1 fully saturated rings. The third-order valence-electron chi connectivity index (χ3n) is 4.68. The van der Waals surface area contributed by atoms with Crippen LogP contribution in [0.5, 0.6) is 5.75 Å². The first kappa shape index (κ1) is 18.9. The summed E-state index contributed by atoms with van der Waals surface area (Å²) >= 11 is 0.122. The van der Waals surface area contributed by atoms with E-state index in [1.165, 1.54) is 21.1 Å². The first-order valence-corrected chi connectivity index (χ1v) is 11.1. The summed E-state index contributed by atoms with van der Waals surface area (Å²) in [4.78, 5) is 4.93. The van der Waals surface area contributed by atoms with Crippen LogP contribution in [0.15, 0.2) is 71.7 Å². The first-order valence-electron chi connectivity index (χ1n) is 9.36. The summed E-state index contributed by atoms with van der Waals surface area (Å²) in [6.45, 7) is 3.33. The first-order chi connectivity index (χ1) is 13.8. The average Bonchev–Trinajstić information content (AvgIpc) is 2.79. The number of rotatable bonds is 4. The third-order valence-corrected chi connectivity index (χ3v) is 7.01. The molecule has 1 aliphatic rings. The van der Waals surface area contributed by atoms with E-state index in [9.17, 15) is 0 Å². The number of hydrogen-bond donors (Lipinski definition) is 0. The number of ether oxygens (including phenoxy) is 2. The third kappa shape index (κ3) is 4.50. The molecule has 0 radical (unpaired) electrons. The molecule has 2 aromatic carbocycles. The second-order valence-electron chi connectivity index (χ2n) is 6.51. The fourth-order valence-electron chi connectivity index (χ4n) is 3.09. The van der Waals surface area contributed by atoms with Crippen LogP contribution in [-0.2, 0) is 4.74 Å². The zero-order chi connectivity index (χ0) is 19.2. The molecule has 0 bridgehead atoms. The summed E-state index contributed by atoms with van der Waals surface area (Å²) in [6, 6.07) is 23.2. The second-order valence-corrected chi connectivity index (χ2v) is 8.67. The molecule has 1 aliphatic heterocycles. The van der Waals surface area contributed by atoms with Crippen LogP contribution in [0.25, 0.3) is 21.1 Å². The van der Waals surface area contributed by atoms with E-state index in [1.807, 2.05) is 24.5 Å². The van der Waals surface area contributed by atoms with Crippen LogP contribution < -0.4 is 8.97 Å². The molecule has 1 aromatic heterocycles. The van der Waals surface area contributed by atoms with E-state index in [2.05, 4.69) is 53.1 Å². The minimum atomic E-state index is 0.122. The fourth-order valence-corrected chi connectivity index (χ4v) is 5.18. The van der Waals surface area contributed by atoms with Gasteiger partial charge in [0, 0.05) is 0 Å². The zero-order valence-corrected chi connectivity index (χ0v) is 17.6. The summed E-state index contributed by atoms with van der Waals surface area (Å²) in [6.07, 6.45) is 1.99. The molecule has 0 spiro atoms. The van der Waals surface area contributed by atoms with Gasteiger partial charge in [0.2, 0.25) is 0 Å². The summed E-state index contributed by atoms with van der Waals surface area (Å²) in [5.74, 6) is 0.878. The van der Waals surface area contributed by atoms with E-state index in [4.69, 9.17) is 14.5 Å². The van der Waals surface area contributed by atoms with Crippen molar-refractivity contribution in [2.24, 2.45) is 4.99 Å². The summed E-state index contributed by atoms with van der Waals surface area (Å²) in [7, 11) is 1.69. The number of benzene rings is 2. The van der Waals surface area contributed by atoms with Crippen molar-refractivity contribution in [3.05, 3.63) is 71.0 Å². The Balaban J connectivity index is 1.78. The van der Waals surface area contributed by atoms with Gasteiger partial charge in [-0.25, -0.2) is 0 Å². The summed E-state index contributed by atoms with van der Waals surface area (Å²) in [5, 5.41) is 0. The van der Waals surface area contributed by atoms with E-state index in [-0.39, 0.29) is 14.5 Å². The van der Waals surface area contributed by atoms with Crippen LogP contribution in [-0.4, -0.2) is 58.8 Å². The molecule has 1 saturated heterocycles. The molecule has 0 atom stereocenters. The Bertz CT molecular complexity index is 1020. The number of hydrogen-bond acceptors (Lipinski definition) is 2. The molecular weight excluding hydrogens is 415 g/mol. The molecule has 5 heteroatoms. The summed E-state index contributed by atoms with van der Waals surface area (Å²) < 4.78 is 15.4. The van der Waals surface area contributed by atoms with Crippen molar-refractivity contribution in [1.29, 1.82) is 0 Å². The molecule has 0 amide bonds. The predicted octanol–water partition coefficient (Wildman–Crippen LogP) is 3.06. The van der Waals surface area contributed by atoms with Crippen LogP contribution in [0.3, 0.4) is 0 Å². The zero-order valence-electron chi connectivity index (χ0n) is 15.9. The van der Waals surface area contributed by atoms with Crippen molar-refractivity contribution in [3.8, 4) is 26.9 Å². The minimum absolute atomic E-state index is 0.122. The normalized spacial score (nSPS) is 14.8. The number of nitrogens with zero attached hydrogens (tertiary/aromatic N) is 2. The molecule has 0 N–H and O–H groups in total. The number of morpholine rings is 1. The van der Waals surface area contributed by atoms with E-state index in [0.717, 1.165) is 36.3 Å². The van der Waals surface area contributed by atoms with Gasteiger partial charge in [0.1, 0.15) is 0 Å². The van der Waals surface area contributed by atoms with Gasteiger partial charge in [-0.3, -0.25) is 0 Å². The topological polar surface area (TPSA) is 33.8 Å². The molecule has 0 saturated carbocycles. The van der Waals surface area contributed by atoms with Crippen molar-refractivity contribution >= 4 is 20.8 Å². The standard InChI is InChI=1S/C23H23N2O2Se/c1-26-20-9-7-19(8-10-20)22-12-11-21(18-5-3-2-4-6-18)23(28-22)24-17-25-13-15-27-16-14-25/h2-12,17H,13-16H2,1H3/q+1. The molecule has 0 aliphatic carbocycles. The van der Waals surface area contributed by atoms with Gasteiger partial charge in [-0.2, -0.15) is 0 Å². The van der Waals surface area contributed by atoms with Gasteiger partial charge in [0.15, 0.2) is 0 Å². The molecule has 3 aromatic rings. The summed E-state index contributed by atoms with van der Waals surface area (Å²) in [5.41, 5.74) is 3.65. The van der Waals surface area contributed by atoms with Crippen molar-refractivity contribution in [3.63, 3.8) is 0 Å². The molecule has 142 valence electrons. The average molecular weight is 438 g/mol. The second kappa shape index (κ2) is 9.15. The van der Waals surface area contributed by atoms with Crippen molar-refractivity contribution in [2.75, 3.05) is 33.4 Å².